The minimum atomic E-state index is 0.718. The molecule has 0 aliphatic heterocycles. The lowest BCUT2D eigenvalue weighted by Gasteiger charge is -2.10. The molecule has 1 aromatic rings. The summed E-state index contributed by atoms with van der Waals surface area (Å²) in [5.74, 6) is 0.718. The summed E-state index contributed by atoms with van der Waals surface area (Å²) < 4.78 is 0. The summed E-state index contributed by atoms with van der Waals surface area (Å²) in [6.45, 7) is 6.94. The minimum absolute atomic E-state index is 0.718. The molecular formula is C12H18S. The highest BCUT2D eigenvalue weighted by atomic mass is 32.1. The van der Waals surface area contributed by atoms with Gasteiger partial charge in [0.1, 0.15) is 0 Å². The second kappa shape index (κ2) is 3.45. The Hall–Kier alpha value is -0.300. The summed E-state index contributed by atoms with van der Waals surface area (Å²) in [5.41, 5.74) is 3.30. The van der Waals surface area contributed by atoms with E-state index in [0.29, 0.717) is 0 Å². The number of hydrogen-bond acceptors (Lipinski definition) is 1. The fraction of sp³-hybridized carbons (Fsp3) is 0.667. The van der Waals surface area contributed by atoms with Crippen LogP contribution in [0.4, 0.5) is 0 Å². The van der Waals surface area contributed by atoms with Crippen LogP contribution in [0.3, 0.4) is 0 Å². The van der Waals surface area contributed by atoms with E-state index < -0.39 is 0 Å². The summed E-state index contributed by atoms with van der Waals surface area (Å²) >= 11 is 2.07. The van der Waals surface area contributed by atoms with Gasteiger partial charge in [-0.15, -0.1) is 11.3 Å². The monoisotopic (exact) mass is 194 g/mol. The molecule has 0 fully saturated rings. The van der Waals surface area contributed by atoms with Crippen molar-refractivity contribution >= 4 is 11.3 Å². The largest absolute Gasteiger partial charge is 0.145 e. The summed E-state index contributed by atoms with van der Waals surface area (Å²) in [6.07, 6.45) is 5.49. The maximum absolute atomic E-state index is 2.32. The van der Waals surface area contributed by atoms with Crippen molar-refractivity contribution in [3.63, 3.8) is 0 Å². The van der Waals surface area contributed by atoms with Crippen LogP contribution in [0.5, 0.6) is 0 Å². The molecule has 1 heteroatoms. The molecule has 0 N–H and O–H groups in total. The zero-order valence-corrected chi connectivity index (χ0v) is 9.63. The normalized spacial score (nSPS) is 16.3. The van der Waals surface area contributed by atoms with Gasteiger partial charge < -0.3 is 0 Å². The number of rotatable bonds is 1. The average Bonchev–Trinajstić information content (AvgIpc) is 2.45. The quantitative estimate of drug-likeness (QED) is 0.632. The van der Waals surface area contributed by atoms with Gasteiger partial charge in [-0.1, -0.05) is 13.8 Å². The van der Waals surface area contributed by atoms with Gasteiger partial charge in [-0.2, -0.15) is 0 Å². The van der Waals surface area contributed by atoms with Crippen LogP contribution in [0.1, 0.15) is 53.5 Å². The van der Waals surface area contributed by atoms with Gasteiger partial charge in [0, 0.05) is 9.75 Å². The Morgan fingerprint density at radius 3 is 2.46 bits per heavy atom. The van der Waals surface area contributed by atoms with Crippen molar-refractivity contribution < 1.29 is 0 Å². The predicted molar refractivity (Wildman–Crippen MR) is 59.8 cm³/mol. The van der Waals surface area contributed by atoms with Gasteiger partial charge in [-0.25, -0.2) is 0 Å². The van der Waals surface area contributed by atoms with Crippen LogP contribution in [0.15, 0.2) is 0 Å². The molecule has 1 aliphatic rings. The average molecular weight is 194 g/mol. The highest BCUT2D eigenvalue weighted by molar-refractivity contribution is 7.12. The van der Waals surface area contributed by atoms with Gasteiger partial charge in [0.05, 0.1) is 0 Å². The molecule has 0 saturated heterocycles. The van der Waals surface area contributed by atoms with Gasteiger partial charge in [-0.05, 0) is 49.7 Å². The maximum atomic E-state index is 2.32. The molecule has 72 valence electrons. The van der Waals surface area contributed by atoms with Gasteiger partial charge in [0.15, 0.2) is 0 Å². The third kappa shape index (κ3) is 1.54. The number of aryl methyl sites for hydroxylation is 1. The lowest BCUT2D eigenvalue weighted by Crippen LogP contribution is -1.99. The van der Waals surface area contributed by atoms with Gasteiger partial charge >= 0.3 is 0 Å². The topological polar surface area (TPSA) is 0 Å². The summed E-state index contributed by atoms with van der Waals surface area (Å²) in [6, 6.07) is 0. The molecule has 0 radical (unpaired) electrons. The van der Waals surface area contributed by atoms with Crippen LogP contribution in [-0.2, 0) is 12.8 Å². The van der Waals surface area contributed by atoms with Crippen LogP contribution in [0, 0.1) is 6.92 Å². The van der Waals surface area contributed by atoms with Crippen LogP contribution in [0.25, 0.3) is 0 Å². The second-order valence-electron chi connectivity index (χ2n) is 4.35. The lowest BCUT2D eigenvalue weighted by molar-refractivity contribution is 0.693. The van der Waals surface area contributed by atoms with E-state index in [9.17, 15) is 0 Å². The lowest BCUT2D eigenvalue weighted by atomic mass is 9.94. The van der Waals surface area contributed by atoms with Crippen molar-refractivity contribution in [1.29, 1.82) is 0 Å². The highest BCUT2D eigenvalue weighted by Gasteiger charge is 2.18. The van der Waals surface area contributed by atoms with E-state index in [2.05, 4.69) is 32.1 Å². The highest BCUT2D eigenvalue weighted by Crippen LogP contribution is 2.37. The molecule has 0 saturated carbocycles. The maximum Gasteiger partial charge on any atom is 0.0106 e. The molecule has 1 aromatic heterocycles. The van der Waals surface area contributed by atoms with Crippen molar-refractivity contribution in [2.24, 2.45) is 0 Å². The van der Waals surface area contributed by atoms with E-state index in [1.54, 1.807) is 20.9 Å². The Kier molecular flexibility index (Phi) is 2.46. The Labute approximate surface area is 85.0 Å². The molecule has 1 aliphatic carbocycles. The molecule has 1 heterocycles. The van der Waals surface area contributed by atoms with Crippen molar-refractivity contribution in [2.45, 2.75) is 52.4 Å². The Morgan fingerprint density at radius 2 is 1.85 bits per heavy atom. The van der Waals surface area contributed by atoms with E-state index >= 15 is 0 Å². The molecule has 2 rings (SSSR count). The first-order chi connectivity index (χ1) is 6.20. The first kappa shape index (κ1) is 9.26. The van der Waals surface area contributed by atoms with E-state index in [1.165, 1.54) is 25.7 Å². The fourth-order valence-electron chi connectivity index (χ4n) is 2.30. The number of thiophene rings is 1. The van der Waals surface area contributed by atoms with Crippen molar-refractivity contribution in [2.75, 3.05) is 0 Å². The number of fused-ring (bicyclic) bond motifs is 1. The standard InChI is InChI=1S/C12H18S/c1-8(2)12-9(3)10-6-4-5-7-11(10)13-12/h8H,4-7H2,1-3H3. The van der Waals surface area contributed by atoms with Gasteiger partial charge in [0.2, 0.25) is 0 Å². The Balaban J connectivity index is 2.44. The molecule has 13 heavy (non-hydrogen) atoms. The third-order valence-electron chi connectivity index (χ3n) is 3.00. The Bertz CT molecular complexity index is 307. The first-order valence-corrected chi connectivity index (χ1v) is 6.13. The zero-order chi connectivity index (χ0) is 9.42. The molecule has 0 bridgehead atoms. The van der Waals surface area contributed by atoms with Crippen LogP contribution < -0.4 is 0 Å². The van der Waals surface area contributed by atoms with Crippen molar-refractivity contribution in [3.8, 4) is 0 Å². The fourth-order valence-corrected chi connectivity index (χ4v) is 3.70. The van der Waals surface area contributed by atoms with Crippen LogP contribution in [0.2, 0.25) is 0 Å². The molecule has 0 aromatic carbocycles. The summed E-state index contributed by atoms with van der Waals surface area (Å²) in [4.78, 5) is 3.32. The van der Waals surface area contributed by atoms with Crippen LogP contribution >= 0.6 is 11.3 Å². The van der Waals surface area contributed by atoms with E-state index in [0.717, 1.165) is 5.92 Å². The smallest absolute Gasteiger partial charge is 0.0106 e. The molecule has 0 spiro atoms. The summed E-state index contributed by atoms with van der Waals surface area (Å²) in [7, 11) is 0. The molecule has 0 atom stereocenters. The molecule has 0 unspecified atom stereocenters. The number of hydrogen-bond donors (Lipinski definition) is 0. The van der Waals surface area contributed by atoms with Gasteiger partial charge in [-0.3, -0.25) is 0 Å². The molecular weight excluding hydrogens is 176 g/mol. The predicted octanol–water partition coefficient (Wildman–Crippen LogP) is 4.06. The molecule has 0 amide bonds. The second-order valence-corrected chi connectivity index (χ2v) is 5.49. The van der Waals surface area contributed by atoms with Crippen molar-refractivity contribution in [3.05, 3.63) is 20.9 Å². The van der Waals surface area contributed by atoms with E-state index in [-0.39, 0.29) is 0 Å². The van der Waals surface area contributed by atoms with E-state index in [4.69, 9.17) is 0 Å². The Morgan fingerprint density at radius 1 is 1.15 bits per heavy atom. The SMILES string of the molecule is Cc1c(C(C)C)sc2c1CCCC2. The first-order valence-electron chi connectivity index (χ1n) is 5.31. The third-order valence-corrected chi connectivity index (χ3v) is 4.69. The zero-order valence-electron chi connectivity index (χ0n) is 8.81. The van der Waals surface area contributed by atoms with E-state index in [1.807, 2.05) is 0 Å². The van der Waals surface area contributed by atoms with Gasteiger partial charge in [0.25, 0.3) is 0 Å². The van der Waals surface area contributed by atoms with Crippen LogP contribution in [-0.4, -0.2) is 0 Å². The van der Waals surface area contributed by atoms with Crippen molar-refractivity contribution in [1.82, 2.24) is 0 Å². The minimum Gasteiger partial charge on any atom is -0.145 e. The molecule has 0 nitrogen and oxygen atoms in total. The summed E-state index contributed by atoms with van der Waals surface area (Å²) in [5, 5.41) is 0.